The molecule has 2 fully saturated rings. The first-order valence-electron chi connectivity index (χ1n) is 12.8. The Morgan fingerprint density at radius 1 is 1.27 bits per heavy atom. The first-order valence-corrected chi connectivity index (χ1v) is 12.8. The number of anilines is 1. The van der Waals surface area contributed by atoms with Gasteiger partial charge in [0.2, 0.25) is 11.8 Å². The molecule has 0 aromatic carbocycles. The second-order valence-corrected chi connectivity index (χ2v) is 12.1. The average molecular weight is 565 g/mol. The third kappa shape index (κ3) is 5.41. The van der Waals surface area contributed by atoms with Crippen LogP contribution >= 0.6 is 0 Å². The predicted octanol–water partition coefficient (Wildman–Crippen LogP) is 1.76. The minimum atomic E-state index is -5.19. The normalized spacial score (nSPS) is 26.2. The summed E-state index contributed by atoms with van der Waals surface area (Å²) >= 11 is 0. The van der Waals surface area contributed by atoms with Crippen LogP contribution in [0.4, 0.5) is 18.9 Å². The number of fused-ring (bicyclic) bond motifs is 2. The van der Waals surface area contributed by atoms with E-state index < -0.39 is 59.4 Å². The standard InChI is InChI=1S/C26H31F3N6O5/c1-24(2,3)19(34-23(39)26(27,28)29)22(38)35-11-13-17(25(13,4)5)18(35)21(37)32-12(9-30)8-15-20(36)33-14-6-7-31-10-16(14)40-15/h6-7,10,12-13,15,17-19H,8,11H2,1-5H3,(H,32,37)(H,33,36)(H,34,39)/t12?,13-,15-,17-,18-,19?/m0/s1. The van der Waals surface area contributed by atoms with Crippen molar-refractivity contribution >= 4 is 29.3 Å². The number of rotatable bonds is 6. The number of nitrogens with zero attached hydrogens (tertiary/aromatic N) is 3. The van der Waals surface area contributed by atoms with Crippen molar-refractivity contribution in [3.05, 3.63) is 18.5 Å². The van der Waals surface area contributed by atoms with E-state index in [0.717, 1.165) is 0 Å². The Kier molecular flexibility index (Phi) is 7.23. The van der Waals surface area contributed by atoms with Crippen molar-refractivity contribution in [3.63, 3.8) is 0 Å². The van der Waals surface area contributed by atoms with E-state index >= 15 is 0 Å². The van der Waals surface area contributed by atoms with Crippen LogP contribution in [-0.4, -0.2) is 70.5 Å². The predicted molar refractivity (Wildman–Crippen MR) is 133 cm³/mol. The third-order valence-corrected chi connectivity index (χ3v) is 7.93. The zero-order chi connectivity index (χ0) is 29.8. The SMILES string of the molecule is CC(C)(C)C(NC(=O)C(F)(F)F)C(=O)N1C[C@H]2[C@@H]([C@H]1C(=O)NC(C#N)C[C@@H]1Oc3cnccc3NC1=O)C2(C)C. The van der Waals surface area contributed by atoms with Crippen LogP contribution in [0.1, 0.15) is 41.0 Å². The fourth-order valence-electron chi connectivity index (χ4n) is 5.61. The molecule has 0 radical (unpaired) electrons. The van der Waals surface area contributed by atoms with Gasteiger partial charge in [-0.3, -0.25) is 24.2 Å². The van der Waals surface area contributed by atoms with Crippen LogP contribution in [0.15, 0.2) is 18.5 Å². The van der Waals surface area contributed by atoms with E-state index in [1.54, 1.807) is 11.4 Å². The average Bonchev–Trinajstić information content (AvgIpc) is 3.18. The summed E-state index contributed by atoms with van der Waals surface area (Å²) in [5.74, 6) is -4.35. The van der Waals surface area contributed by atoms with E-state index in [9.17, 15) is 37.6 Å². The quantitative estimate of drug-likeness (QED) is 0.476. The Hall–Kier alpha value is -3.89. The molecule has 40 heavy (non-hydrogen) atoms. The summed E-state index contributed by atoms with van der Waals surface area (Å²) in [6, 6.07) is -0.329. The van der Waals surface area contributed by atoms with Gasteiger partial charge in [-0.1, -0.05) is 34.6 Å². The van der Waals surface area contributed by atoms with Crippen LogP contribution in [0.25, 0.3) is 0 Å². The molecule has 4 rings (SSSR count). The van der Waals surface area contributed by atoms with Gasteiger partial charge in [0.25, 0.3) is 5.91 Å². The fourth-order valence-corrected chi connectivity index (χ4v) is 5.61. The van der Waals surface area contributed by atoms with Crippen LogP contribution in [0.2, 0.25) is 0 Å². The van der Waals surface area contributed by atoms with E-state index in [2.05, 4.69) is 15.6 Å². The highest BCUT2D eigenvalue weighted by molar-refractivity contribution is 5.98. The Morgan fingerprint density at radius 3 is 2.55 bits per heavy atom. The van der Waals surface area contributed by atoms with Crippen LogP contribution in [0.3, 0.4) is 0 Å². The van der Waals surface area contributed by atoms with Gasteiger partial charge in [0, 0.05) is 19.2 Å². The summed E-state index contributed by atoms with van der Waals surface area (Å²) in [6.45, 7) is 8.48. The molecule has 2 unspecified atom stereocenters. The molecule has 3 heterocycles. The fraction of sp³-hybridized carbons (Fsp3) is 0.615. The van der Waals surface area contributed by atoms with Gasteiger partial charge in [0.1, 0.15) is 18.1 Å². The number of hydrogen-bond donors (Lipinski definition) is 3. The van der Waals surface area contributed by atoms with Gasteiger partial charge in [0.15, 0.2) is 11.9 Å². The molecule has 11 nitrogen and oxygen atoms in total. The van der Waals surface area contributed by atoms with Crippen molar-refractivity contribution in [2.75, 3.05) is 11.9 Å². The number of nitrogens with one attached hydrogen (secondary N) is 3. The van der Waals surface area contributed by atoms with Crippen molar-refractivity contribution in [1.82, 2.24) is 20.5 Å². The number of carbonyl (C=O) groups excluding carboxylic acids is 4. The van der Waals surface area contributed by atoms with E-state index in [4.69, 9.17) is 4.74 Å². The molecule has 1 saturated heterocycles. The Balaban J connectivity index is 1.52. The highest BCUT2D eigenvalue weighted by Crippen LogP contribution is 2.65. The number of halogens is 3. The van der Waals surface area contributed by atoms with E-state index in [1.807, 2.05) is 19.9 Å². The van der Waals surface area contributed by atoms with Gasteiger partial charge >= 0.3 is 12.1 Å². The maximum absolute atomic E-state index is 13.6. The molecule has 2 aliphatic heterocycles. The van der Waals surface area contributed by atoms with E-state index in [0.29, 0.717) is 11.4 Å². The molecule has 1 aromatic rings. The summed E-state index contributed by atoms with van der Waals surface area (Å²) in [5.41, 5.74) is -1.01. The molecule has 216 valence electrons. The van der Waals surface area contributed by atoms with Gasteiger partial charge < -0.3 is 25.6 Å². The summed E-state index contributed by atoms with van der Waals surface area (Å²) in [7, 11) is 0. The monoisotopic (exact) mass is 564 g/mol. The summed E-state index contributed by atoms with van der Waals surface area (Å²) in [5, 5.41) is 16.8. The zero-order valence-corrected chi connectivity index (χ0v) is 22.6. The van der Waals surface area contributed by atoms with Crippen molar-refractivity contribution in [2.24, 2.45) is 22.7 Å². The van der Waals surface area contributed by atoms with Crippen LogP contribution < -0.4 is 20.7 Å². The lowest BCUT2D eigenvalue weighted by Crippen LogP contribution is -2.61. The Labute approximate surface area is 228 Å². The molecular formula is C26H31F3N6O5. The number of carbonyl (C=O) groups is 4. The van der Waals surface area contributed by atoms with Crippen molar-refractivity contribution < 1.29 is 37.1 Å². The van der Waals surface area contributed by atoms with E-state index in [1.165, 1.54) is 38.1 Å². The van der Waals surface area contributed by atoms with Crippen LogP contribution in [-0.2, 0) is 19.2 Å². The van der Waals surface area contributed by atoms with Crippen molar-refractivity contribution in [2.45, 2.75) is 71.4 Å². The number of hydrogen-bond acceptors (Lipinski definition) is 7. The number of piperidine rings is 1. The lowest BCUT2D eigenvalue weighted by atomic mass is 9.85. The van der Waals surface area contributed by atoms with Gasteiger partial charge in [-0.2, -0.15) is 18.4 Å². The summed E-state index contributed by atoms with van der Waals surface area (Å²) < 4.78 is 44.7. The number of alkyl halides is 3. The van der Waals surface area contributed by atoms with Gasteiger partial charge in [-0.25, -0.2) is 0 Å². The Morgan fingerprint density at radius 2 is 1.95 bits per heavy atom. The highest BCUT2D eigenvalue weighted by Gasteiger charge is 2.70. The molecule has 3 N–H and O–H groups in total. The van der Waals surface area contributed by atoms with Crippen molar-refractivity contribution in [1.29, 1.82) is 5.26 Å². The van der Waals surface area contributed by atoms with Gasteiger partial charge in [0.05, 0.1) is 18.0 Å². The molecule has 0 spiro atoms. The number of amides is 4. The highest BCUT2D eigenvalue weighted by atomic mass is 19.4. The lowest BCUT2D eigenvalue weighted by molar-refractivity contribution is -0.176. The van der Waals surface area contributed by atoms with Gasteiger partial charge in [-0.05, 0) is 28.7 Å². The lowest BCUT2D eigenvalue weighted by Gasteiger charge is -2.38. The van der Waals surface area contributed by atoms with Gasteiger partial charge in [-0.15, -0.1) is 0 Å². The minimum absolute atomic E-state index is 0.0943. The number of pyridine rings is 1. The number of ether oxygens (including phenoxy) is 1. The molecule has 1 saturated carbocycles. The summed E-state index contributed by atoms with van der Waals surface area (Å²) in [6.07, 6.45) is -3.62. The largest absolute Gasteiger partial charge is 0.477 e. The molecule has 0 bridgehead atoms. The topological polar surface area (TPSA) is 154 Å². The molecule has 14 heteroatoms. The summed E-state index contributed by atoms with van der Waals surface area (Å²) in [4.78, 5) is 56.5. The second-order valence-electron chi connectivity index (χ2n) is 12.1. The molecule has 1 aromatic heterocycles. The molecule has 1 aliphatic carbocycles. The Bertz CT molecular complexity index is 1270. The zero-order valence-electron chi connectivity index (χ0n) is 22.6. The van der Waals surface area contributed by atoms with E-state index in [-0.39, 0.29) is 30.2 Å². The maximum Gasteiger partial charge on any atom is 0.471 e. The molecular weight excluding hydrogens is 533 g/mol. The third-order valence-electron chi connectivity index (χ3n) is 7.93. The van der Waals surface area contributed by atoms with Crippen LogP contribution in [0.5, 0.6) is 5.75 Å². The number of aromatic nitrogens is 1. The smallest absolute Gasteiger partial charge is 0.471 e. The maximum atomic E-state index is 13.6. The second kappa shape index (κ2) is 9.94. The first kappa shape index (κ1) is 29.1. The molecule has 3 aliphatic rings. The number of nitriles is 1. The minimum Gasteiger partial charge on any atom is -0.477 e. The van der Waals surface area contributed by atoms with Crippen molar-refractivity contribution in [3.8, 4) is 11.8 Å². The molecule has 6 atom stereocenters. The van der Waals surface area contributed by atoms with Crippen LogP contribution in [0, 0.1) is 34.0 Å². The first-order chi connectivity index (χ1) is 18.5. The number of likely N-dealkylation sites (tertiary alicyclic amines) is 1. The molecule has 4 amide bonds.